The third-order valence-corrected chi connectivity index (χ3v) is 3.35. The summed E-state index contributed by atoms with van der Waals surface area (Å²) in [5.41, 5.74) is 1.36. The summed E-state index contributed by atoms with van der Waals surface area (Å²) >= 11 is 5.88. The van der Waals surface area contributed by atoms with Gasteiger partial charge in [-0.25, -0.2) is 9.59 Å². The van der Waals surface area contributed by atoms with Crippen LogP contribution in [0.2, 0.25) is 5.02 Å². The van der Waals surface area contributed by atoms with E-state index >= 15 is 0 Å². The Morgan fingerprint density at radius 1 is 1.04 bits per heavy atom. The molecule has 0 spiro atoms. The van der Waals surface area contributed by atoms with Crippen molar-refractivity contribution < 1.29 is 19.1 Å². The van der Waals surface area contributed by atoms with Crippen molar-refractivity contribution in [1.82, 2.24) is 0 Å². The fourth-order valence-corrected chi connectivity index (χ4v) is 2.16. The molecule has 120 valence electrons. The molecule has 0 radical (unpaired) electrons. The van der Waals surface area contributed by atoms with Gasteiger partial charge in [-0.1, -0.05) is 24.6 Å². The summed E-state index contributed by atoms with van der Waals surface area (Å²) in [6.07, 6.45) is 0.739. The molecular formula is C18H17ClO4. The Hall–Kier alpha value is -2.33. The highest BCUT2D eigenvalue weighted by molar-refractivity contribution is 6.30. The number of halogens is 1. The van der Waals surface area contributed by atoms with E-state index in [-0.39, 0.29) is 5.56 Å². The van der Waals surface area contributed by atoms with Crippen molar-refractivity contribution in [3.05, 3.63) is 64.2 Å². The lowest BCUT2D eigenvalue weighted by Gasteiger charge is -2.08. The minimum absolute atomic E-state index is 0.283. The molecular weight excluding hydrogens is 316 g/mol. The van der Waals surface area contributed by atoms with Crippen molar-refractivity contribution in [2.75, 3.05) is 6.61 Å². The number of rotatable bonds is 5. The van der Waals surface area contributed by atoms with E-state index in [1.165, 1.54) is 6.07 Å². The van der Waals surface area contributed by atoms with Crippen molar-refractivity contribution in [1.29, 1.82) is 0 Å². The number of hydrogen-bond donors (Lipinski definition) is 0. The predicted molar refractivity (Wildman–Crippen MR) is 88.2 cm³/mol. The molecule has 2 aromatic carbocycles. The van der Waals surface area contributed by atoms with E-state index in [1.54, 1.807) is 43.3 Å². The summed E-state index contributed by atoms with van der Waals surface area (Å²) in [7, 11) is 0. The van der Waals surface area contributed by atoms with Crippen LogP contribution >= 0.6 is 11.6 Å². The second-order valence-corrected chi connectivity index (χ2v) is 5.45. The number of esters is 2. The molecule has 0 saturated carbocycles. The van der Waals surface area contributed by atoms with Crippen molar-refractivity contribution in [3.63, 3.8) is 0 Å². The zero-order valence-corrected chi connectivity index (χ0v) is 13.7. The lowest BCUT2D eigenvalue weighted by Crippen LogP contribution is -2.12. The van der Waals surface area contributed by atoms with Gasteiger partial charge in [-0.3, -0.25) is 0 Å². The second kappa shape index (κ2) is 7.79. The van der Waals surface area contributed by atoms with Gasteiger partial charge in [0.25, 0.3) is 0 Å². The Balaban J connectivity index is 2.15. The number of benzene rings is 2. The summed E-state index contributed by atoms with van der Waals surface area (Å²) in [5.74, 6) is -0.567. The number of carbonyl (C=O) groups is 2. The topological polar surface area (TPSA) is 52.6 Å². The molecule has 2 rings (SSSR count). The molecule has 0 aromatic heterocycles. The molecule has 0 saturated heterocycles. The number of aryl methyl sites for hydroxylation is 1. The first-order valence-electron chi connectivity index (χ1n) is 7.26. The molecule has 0 heterocycles. The van der Waals surface area contributed by atoms with Gasteiger partial charge in [0, 0.05) is 5.02 Å². The van der Waals surface area contributed by atoms with E-state index in [0.29, 0.717) is 22.9 Å². The van der Waals surface area contributed by atoms with Crippen LogP contribution < -0.4 is 4.74 Å². The van der Waals surface area contributed by atoms with Crippen LogP contribution in [0.4, 0.5) is 0 Å². The Kier molecular flexibility index (Phi) is 5.77. The maximum atomic E-state index is 12.2. The van der Waals surface area contributed by atoms with Gasteiger partial charge in [0.2, 0.25) is 0 Å². The maximum Gasteiger partial charge on any atom is 0.343 e. The third-order valence-electron chi connectivity index (χ3n) is 3.11. The molecule has 0 aliphatic heterocycles. The van der Waals surface area contributed by atoms with Crippen LogP contribution in [0.15, 0.2) is 42.5 Å². The fourth-order valence-electron chi connectivity index (χ4n) is 1.94. The Bertz CT molecular complexity index is 725. The first kappa shape index (κ1) is 17.0. The smallest absolute Gasteiger partial charge is 0.343 e. The van der Waals surface area contributed by atoms with Crippen molar-refractivity contribution in [3.8, 4) is 5.75 Å². The second-order valence-electron chi connectivity index (χ2n) is 5.02. The number of carbonyl (C=O) groups excluding carboxylic acids is 2. The molecule has 4 nitrogen and oxygen atoms in total. The summed E-state index contributed by atoms with van der Waals surface area (Å²) < 4.78 is 10.4. The van der Waals surface area contributed by atoms with E-state index in [2.05, 4.69) is 0 Å². The molecule has 5 heteroatoms. The zero-order valence-electron chi connectivity index (χ0n) is 13.0. The van der Waals surface area contributed by atoms with Gasteiger partial charge in [-0.2, -0.15) is 0 Å². The van der Waals surface area contributed by atoms with E-state index < -0.39 is 11.9 Å². The van der Waals surface area contributed by atoms with Crippen LogP contribution in [0.5, 0.6) is 5.75 Å². The van der Waals surface area contributed by atoms with Crippen LogP contribution in [0.25, 0.3) is 0 Å². The molecule has 23 heavy (non-hydrogen) atoms. The first-order chi connectivity index (χ1) is 11.0. The number of ether oxygens (including phenoxy) is 2. The Morgan fingerprint density at radius 3 is 2.39 bits per heavy atom. The molecule has 0 fully saturated rings. The summed E-state index contributed by atoms with van der Waals surface area (Å²) in [5, 5.41) is 0.572. The van der Waals surface area contributed by atoms with Crippen LogP contribution in [0, 0.1) is 6.92 Å². The highest BCUT2D eigenvalue weighted by atomic mass is 35.5. The predicted octanol–water partition coefficient (Wildman–Crippen LogP) is 4.43. The average molecular weight is 333 g/mol. The summed E-state index contributed by atoms with van der Waals surface area (Å²) in [6, 6.07) is 11.3. The van der Waals surface area contributed by atoms with Crippen LogP contribution in [0.1, 0.15) is 39.6 Å². The summed E-state index contributed by atoms with van der Waals surface area (Å²) in [6.45, 7) is 4.06. The normalized spacial score (nSPS) is 10.2. The molecule has 0 N–H and O–H groups in total. The van der Waals surface area contributed by atoms with Crippen LogP contribution in [-0.2, 0) is 4.74 Å². The van der Waals surface area contributed by atoms with Gasteiger partial charge in [0.1, 0.15) is 5.75 Å². The van der Waals surface area contributed by atoms with Crippen molar-refractivity contribution in [2.45, 2.75) is 20.3 Å². The van der Waals surface area contributed by atoms with Crippen LogP contribution in [0.3, 0.4) is 0 Å². The SMILES string of the molecule is CCCOC(=O)c1cccc(C(=O)Oc2ccc(Cl)cc2C)c1. The van der Waals surface area contributed by atoms with Crippen LogP contribution in [-0.4, -0.2) is 18.5 Å². The Labute approximate surface area is 140 Å². The van der Waals surface area contributed by atoms with Crippen molar-refractivity contribution >= 4 is 23.5 Å². The average Bonchev–Trinajstić information content (AvgIpc) is 2.55. The van der Waals surface area contributed by atoms with Gasteiger partial charge in [0.05, 0.1) is 17.7 Å². The van der Waals surface area contributed by atoms with Gasteiger partial charge >= 0.3 is 11.9 Å². The first-order valence-corrected chi connectivity index (χ1v) is 7.64. The lowest BCUT2D eigenvalue weighted by molar-refractivity contribution is 0.0505. The molecule has 0 amide bonds. The quantitative estimate of drug-likeness (QED) is 0.600. The van der Waals surface area contributed by atoms with E-state index in [9.17, 15) is 9.59 Å². The van der Waals surface area contributed by atoms with E-state index in [4.69, 9.17) is 21.1 Å². The highest BCUT2D eigenvalue weighted by Gasteiger charge is 2.14. The molecule has 0 aliphatic rings. The van der Waals surface area contributed by atoms with Gasteiger partial charge in [-0.05, 0) is 55.3 Å². The molecule has 0 atom stereocenters. The summed E-state index contributed by atoms with van der Waals surface area (Å²) in [4.78, 5) is 24.1. The van der Waals surface area contributed by atoms with E-state index in [0.717, 1.165) is 12.0 Å². The monoisotopic (exact) mass is 332 g/mol. The fraction of sp³-hybridized carbons (Fsp3) is 0.222. The lowest BCUT2D eigenvalue weighted by atomic mass is 10.1. The molecule has 0 unspecified atom stereocenters. The molecule has 0 bridgehead atoms. The largest absolute Gasteiger partial charge is 0.462 e. The van der Waals surface area contributed by atoms with Crippen molar-refractivity contribution in [2.24, 2.45) is 0 Å². The van der Waals surface area contributed by atoms with Gasteiger partial charge in [-0.15, -0.1) is 0 Å². The third kappa shape index (κ3) is 4.57. The highest BCUT2D eigenvalue weighted by Crippen LogP contribution is 2.23. The standard InChI is InChI=1S/C18H17ClO4/c1-3-9-22-17(20)13-5-4-6-14(11-13)18(21)23-16-8-7-15(19)10-12(16)2/h4-8,10-11H,3,9H2,1-2H3. The Morgan fingerprint density at radius 2 is 1.74 bits per heavy atom. The van der Waals surface area contributed by atoms with Gasteiger partial charge < -0.3 is 9.47 Å². The minimum Gasteiger partial charge on any atom is -0.462 e. The molecule has 2 aromatic rings. The number of hydrogen-bond acceptors (Lipinski definition) is 4. The molecule has 0 aliphatic carbocycles. The zero-order chi connectivity index (χ0) is 16.8. The van der Waals surface area contributed by atoms with Gasteiger partial charge in [0.15, 0.2) is 0 Å². The van der Waals surface area contributed by atoms with E-state index in [1.807, 2.05) is 6.92 Å². The maximum absolute atomic E-state index is 12.2. The minimum atomic E-state index is -0.541.